The van der Waals surface area contributed by atoms with E-state index in [9.17, 15) is 0 Å². The molecular weight excluding hydrogens is 232 g/mol. The first-order chi connectivity index (χ1) is 9.19. The molecule has 0 bridgehead atoms. The van der Waals surface area contributed by atoms with Crippen LogP contribution in [0.5, 0.6) is 0 Å². The van der Waals surface area contributed by atoms with E-state index in [1.807, 2.05) is 30.3 Å². The average Bonchev–Trinajstić information content (AvgIpc) is 3.08. The third-order valence-electron chi connectivity index (χ3n) is 3.78. The molecule has 1 nitrogen and oxygen atoms in total. The van der Waals surface area contributed by atoms with Crippen molar-refractivity contribution in [2.24, 2.45) is 0 Å². The highest BCUT2D eigenvalue weighted by Crippen LogP contribution is 2.42. The molecule has 1 saturated heterocycles. The summed E-state index contributed by atoms with van der Waals surface area (Å²) in [7, 11) is 0. The minimum atomic E-state index is 0.00600. The molecule has 1 heterocycles. The lowest BCUT2D eigenvalue weighted by molar-refractivity contribution is 0.296. The van der Waals surface area contributed by atoms with Gasteiger partial charge < -0.3 is 4.74 Å². The van der Waals surface area contributed by atoms with Gasteiger partial charge in [0.15, 0.2) is 0 Å². The first kappa shape index (κ1) is 13.9. The fraction of sp³-hybridized carbons (Fsp3) is 0.444. The van der Waals surface area contributed by atoms with Gasteiger partial charge in [-0.2, -0.15) is 0 Å². The molecule has 0 amide bonds. The maximum Gasteiger partial charge on any atom is 0.107 e. The summed E-state index contributed by atoms with van der Waals surface area (Å²) in [4.78, 5) is 0. The zero-order valence-corrected chi connectivity index (χ0v) is 11.9. The first-order valence-electron chi connectivity index (χ1n) is 7.11. The number of benzene rings is 1. The fourth-order valence-corrected chi connectivity index (χ4v) is 2.39. The van der Waals surface area contributed by atoms with Gasteiger partial charge in [-0.25, -0.2) is 0 Å². The molecule has 0 aliphatic carbocycles. The Labute approximate surface area is 116 Å². The highest BCUT2D eigenvalue weighted by atomic mass is 16.6. The Kier molecular flexibility index (Phi) is 4.45. The van der Waals surface area contributed by atoms with E-state index in [4.69, 9.17) is 11.2 Å². The van der Waals surface area contributed by atoms with Gasteiger partial charge in [-0.05, 0) is 25.0 Å². The largest absolute Gasteiger partial charge is 0.362 e. The van der Waals surface area contributed by atoms with Crippen molar-refractivity contribution >= 4 is 5.57 Å². The Balaban J connectivity index is 2.00. The highest BCUT2D eigenvalue weighted by molar-refractivity contribution is 5.78. The number of terminal acetylenes is 1. The van der Waals surface area contributed by atoms with E-state index in [2.05, 4.69) is 25.8 Å². The van der Waals surface area contributed by atoms with Crippen molar-refractivity contribution in [3.8, 4) is 12.3 Å². The zero-order chi connectivity index (χ0) is 13.7. The summed E-state index contributed by atoms with van der Waals surface area (Å²) >= 11 is 0. The maximum absolute atomic E-state index is 5.83. The lowest BCUT2D eigenvalue weighted by Crippen LogP contribution is -2.08. The molecule has 1 fully saturated rings. The molecule has 0 radical (unpaired) electrons. The second-order valence-electron chi connectivity index (χ2n) is 5.40. The number of ether oxygens (including phenoxy) is 1. The van der Waals surface area contributed by atoms with Crippen LogP contribution in [0.25, 0.3) is 5.57 Å². The summed E-state index contributed by atoms with van der Waals surface area (Å²) in [5, 5.41) is 0. The van der Waals surface area contributed by atoms with Crippen LogP contribution in [-0.4, -0.2) is 11.7 Å². The van der Waals surface area contributed by atoms with Crippen molar-refractivity contribution in [3.63, 3.8) is 0 Å². The Morgan fingerprint density at radius 3 is 2.74 bits per heavy atom. The summed E-state index contributed by atoms with van der Waals surface area (Å²) < 4.78 is 5.83. The third kappa shape index (κ3) is 3.49. The van der Waals surface area contributed by atoms with Crippen LogP contribution in [0, 0.1) is 12.3 Å². The standard InChI is InChI=1S/C18H22O/c1-4-6-10-13-18(3)17(19-18)14-15(5-2)16-11-8-7-9-12-16/h2,7-9,11-12,14,17H,4,6,10,13H2,1,3H3/b15-14+. The minimum Gasteiger partial charge on any atom is -0.362 e. The number of allylic oxidation sites excluding steroid dienone is 1. The van der Waals surface area contributed by atoms with Crippen molar-refractivity contribution in [1.82, 2.24) is 0 Å². The van der Waals surface area contributed by atoms with Gasteiger partial charge in [0.1, 0.15) is 6.10 Å². The Bertz CT molecular complexity index is 480. The molecule has 2 unspecified atom stereocenters. The van der Waals surface area contributed by atoms with Crippen LogP contribution < -0.4 is 0 Å². The molecule has 19 heavy (non-hydrogen) atoms. The van der Waals surface area contributed by atoms with E-state index in [-0.39, 0.29) is 11.7 Å². The topological polar surface area (TPSA) is 12.5 Å². The molecule has 1 aliphatic heterocycles. The summed E-state index contributed by atoms with van der Waals surface area (Å²) in [5.74, 6) is 2.78. The van der Waals surface area contributed by atoms with E-state index in [1.165, 1.54) is 19.3 Å². The lowest BCUT2D eigenvalue weighted by atomic mass is 9.97. The van der Waals surface area contributed by atoms with Crippen molar-refractivity contribution in [3.05, 3.63) is 42.0 Å². The molecule has 100 valence electrons. The van der Waals surface area contributed by atoms with Crippen LogP contribution in [-0.2, 0) is 4.74 Å². The fourth-order valence-electron chi connectivity index (χ4n) is 2.39. The molecular formula is C18H22O. The van der Waals surface area contributed by atoms with Crippen LogP contribution in [0.3, 0.4) is 0 Å². The maximum atomic E-state index is 5.83. The molecule has 0 aromatic heterocycles. The quantitative estimate of drug-likeness (QED) is 0.415. The van der Waals surface area contributed by atoms with E-state index < -0.39 is 0 Å². The minimum absolute atomic E-state index is 0.00600. The SMILES string of the molecule is C#C/C(=C\C1OC1(C)CCCCC)c1ccccc1. The number of hydrogen-bond acceptors (Lipinski definition) is 1. The molecule has 0 spiro atoms. The van der Waals surface area contributed by atoms with Crippen LogP contribution in [0.4, 0.5) is 0 Å². The van der Waals surface area contributed by atoms with Gasteiger partial charge in [-0.3, -0.25) is 0 Å². The average molecular weight is 254 g/mol. The monoisotopic (exact) mass is 254 g/mol. The first-order valence-corrected chi connectivity index (χ1v) is 7.11. The smallest absolute Gasteiger partial charge is 0.107 e. The zero-order valence-electron chi connectivity index (χ0n) is 11.9. The van der Waals surface area contributed by atoms with Gasteiger partial charge in [-0.15, -0.1) is 6.42 Å². The number of unbranched alkanes of at least 4 members (excludes halogenated alkanes) is 2. The third-order valence-corrected chi connectivity index (χ3v) is 3.78. The Morgan fingerprint density at radius 1 is 1.37 bits per heavy atom. The van der Waals surface area contributed by atoms with E-state index in [1.54, 1.807) is 0 Å². The van der Waals surface area contributed by atoms with Gasteiger partial charge in [0.25, 0.3) is 0 Å². The molecule has 2 rings (SSSR count). The Morgan fingerprint density at radius 2 is 2.11 bits per heavy atom. The van der Waals surface area contributed by atoms with Crippen molar-refractivity contribution in [1.29, 1.82) is 0 Å². The number of hydrogen-bond donors (Lipinski definition) is 0. The van der Waals surface area contributed by atoms with Crippen molar-refractivity contribution in [2.45, 2.75) is 51.2 Å². The second kappa shape index (κ2) is 6.08. The van der Waals surface area contributed by atoms with Crippen LogP contribution in [0.1, 0.15) is 45.1 Å². The number of epoxide rings is 1. The van der Waals surface area contributed by atoms with Gasteiger partial charge >= 0.3 is 0 Å². The van der Waals surface area contributed by atoms with Gasteiger partial charge in [0.2, 0.25) is 0 Å². The van der Waals surface area contributed by atoms with Gasteiger partial charge in [0.05, 0.1) is 5.60 Å². The van der Waals surface area contributed by atoms with Crippen LogP contribution in [0.2, 0.25) is 0 Å². The van der Waals surface area contributed by atoms with Crippen LogP contribution in [0.15, 0.2) is 36.4 Å². The lowest BCUT2D eigenvalue weighted by Gasteiger charge is -2.04. The van der Waals surface area contributed by atoms with Crippen LogP contribution >= 0.6 is 0 Å². The molecule has 0 N–H and O–H groups in total. The van der Waals surface area contributed by atoms with E-state index >= 15 is 0 Å². The summed E-state index contributed by atoms with van der Waals surface area (Å²) in [6.07, 6.45) is 12.8. The second-order valence-corrected chi connectivity index (χ2v) is 5.40. The molecule has 1 aromatic rings. The normalized spacial score (nSPS) is 25.9. The highest BCUT2D eigenvalue weighted by Gasteiger charge is 2.50. The predicted molar refractivity (Wildman–Crippen MR) is 80.7 cm³/mol. The Hall–Kier alpha value is -1.52. The van der Waals surface area contributed by atoms with Gasteiger partial charge in [-0.1, -0.05) is 62.4 Å². The van der Waals surface area contributed by atoms with E-state index in [0.29, 0.717) is 0 Å². The van der Waals surface area contributed by atoms with E-state index in [0.717, 1.165) is 17.6 Å². The molecule has 0 saturated carbocycles. The molecule has 1 aliphatic rings. The predicted octanol–water partition coefficient (Wildman–Crippen LogP) is 4.44. The summed E-state index contributed by atoms with van der Waals surface area (Å²) in [6.45, 7) is 4.41. The summed E-state index contributed by atoms with van der Waals surface area (Å²) in [5.41, 5.74) is 2.03. The van der Waals surface area contributed by atoms with Crippen molar-refractivity contribution in [2.75, 3.05) is 0 Å². The van der Waals surface area contributed by atoms with Crippen molar-refractivity contribution < 1.29 is 4.74 Å². The molecule has 1 heteroatoms. The van der Waals surface area contributed by atoms with Gasteiger partial charge in [0, 0.05) is 5.57 Å². The number of rotatable bonds is 6. The molecule has 1 aromatic carbocycles. The summed E-state index contributed by atoms with van der Waals surface area (Å²) in [6, 6.07) is 10.1. The molecule has 2 atom stereocenters.